The second kappa shape index (κ2) is 5.53. The Bertz CT molecular complexity index is 205. The summed E-state index contributed by atoms with van der Waals surface area (Å²) in [7, 11) is 0. The summed E-state index contributed by atoms with van der Waals surface area (Å²) in [4.78, 5) is 0. The topological polar surface area (TPSA) is 9.23 Å². The molecule has 0 unspecified atom stereocenters. The number of rotatable bonds is 3. The molecular weight excluding hydrogens is 196 g/mol. The summed E-state index contributed by atoms with van der Waals surface area (Å²) in [6.45, 7) is 7.07. The lowest BCUT2D eigenvalue weighted by atomic mass is 9.75. The van der Waals surface area contributed by atoms with E-state index in [2.05, 4.69) is 27.2 Å². The summed E-state index contributed by atoms with van der Waals surface area (Å²) in [6.07, 6.45) is 11.8. The molecule has 0 saturated heterocycles. The molecule has 16 heavy (non-hydrogen) atoms. The maximum Gasteiger partial charge on any atom is 0.101 e. The molecular formula is C15H26O. The maximum absolute atomic E-state index is 6.26. The van der Waals surface area contributed by atoms with E-state index in [1.54, 1.807) is 0 Å². The minimum atomic E-state index is 0.494. The summed E-state index contributed by atoms with van der Waals surface area (Å²) in [6, 6.07) is 0. The Balaban J connectivity index is 1.91. The molecule has 2 aliphatic carbocycles. The molecule has 2 aliphatic rings. The predicted octanol–water partition coefficient (Wildman–Crippen LogP) is 4.38. The average molecular weight is 222 g/mol. The van der Waals surface area contributed by atoms with Crippen LogP contribution in [0.5, 0.6) is 0 Å². The predicted molar refractivity (Wildman–Crippen MR) is 67.6 cm³/mol. The van der Waals surface area contributed by atoms with Crippen LogP contribution >= 0.6 is 0 Å². The third kappa shape index (κ3) is 3.00. The van der Waals surface area contributed by atoms with Gasteiger partial charge in [-0.15, -0.1) is 0 Å². The highest BCUT2D eigenvalue weighted by Crippen LogP contribution is 2.39. The van der Waals surface area contributed by atoms with Gasteiger partial charge >= 0.3 is 0 Å². The molecule has 0 aliphatic heterocycles. The standard InChI is InChI=1S/C15H26O/c1-11(2)14-9-8-12(3)10-15(14)16-13-6-4-5-7-13/h6,11-12,14-15H,4-5,7-10H2,1-3H3/t12-,14+,15+/m1/s1. The molecule has 2 radical (unpaired) electrons. The van der Waals surface area contributed by atoms with Crippen LogP contribution in [0.25, 0.3) is 0 Å². The number of hydrogen-bond donors (Lipinski definition) is 0. The summed E-state index contributed by atoms with van der Waals surface area (Å²) in [5, 5.41) is 0. The molecule has 1 nitrogen and oxygen atoms in total. The summed E-state index contributed by atoms with van der Waals surface area (Å²) >= 11 is 0. The Hall–Kier alpha value is -0.0400. The van der Waals surface area contributed by atoms with Crippen molar-refractivity contribution in [2.75, 3.05) is 0 Å². The molecule has 0 aromatic heterocycles. The lowest BCUT2D eigenvalue weighted by Crippen LogP contribution is -2.35. The molecule has 0 amide bonds. The van der Waals surface area contributed by atoms with E-state index in [9.17, 15) is 0 Å². The van der Waals surface area contributed by atoms with Crippen molar-refractivity contribution in [1.82, 2.24) is 0 Å². The second-order valence-corrected chi connectivity index (χ2v) is 6.05. The van der Waals surface area contributed by atoms with Crippen LogP contribution < -0.4 is 0 Å². The average Bonchev–Trinajstić information content (AvgIpc) is 2.70. The molecule has 2 fully saturated rings. The van der Waals surface area contributed by atoms with Crippen molar-refractivity contribution in [2.24, 2.45) is 17.8 Å². The van der Waals surface area contributed by atoms with Crippen molar-refractivity contribution in [3.8, 4) is 0 Å². The van der Waals surface area contributed by atoms with Gasteiger partial charge in [-0.25, -0.2) is 0 Å². The molecule has 0 spiro atoms. The normalized spacial score (nSPS) is 37.1. The van der Waals surface area contributed by atoms with Crippen LogP contribution in [-0.4, -0.2) is 6.10 Å². The van der Waals surface area contributed by atoms with Gasteiger partial charge in [0, 0.05) is 0 Å². The van der Waals surface area contributed by atoms with Gasteiger partial charge in [-0.3, -0.25) is 0 Å². The molecule has 2 rings (SSSR count). The van der Waals surface area contributed by atoms with Gasteiger partial charge in [0.05, 0.1) is 6.10 Å². The van der Waals surface area contributed by atoms with E-state index in [0.29, 0.717) is 6.10 Å². The van der Waals surface area contributed by atoms with Crippen molar-refractivity contribution >= 4 is 0 Å². The molecule has 2 saturated carbocycles. The van der Waals surface area contributed by atoms with E-state index < -0.39 is 0 Å². The zero-order valence-electron chi connectivity index (χ0n) is 11.0. The minimum Gasteiger partial charge on any atom is -0.368 e. The third-order valence-corrected chi connectivity index (χ3v) is 4.26. The maximum atomic E-state index is 6.26. The van der Waals surface area contributed by atoms with E-state index in [0.717, 1.165) is 17.8 Å². The fourth-order valence-corrected chi connectivity index (χ4v) is 3.19. The molecule has 0 aromatic carbocycles. The van der Waals surface area contributed by atoms with Gasteiger partial charge in [0.1, 0.15) is 6.10 Å². The molecule has 1 heteroatoms. The van der Waals surface area contributed by atoms with E-state index in [4.69, 9.17) is 4.74 Å². The smallest absolute Gasteiger partial charge is 0.101 e. The lowest BCUT2D eigenvalue weighted by molar-refractivity contribution is -0.0259. The first-order chi connectivity index (χ1) is 7.66. The quantitative estimate of drug-likeness (QED) is 0.688. The van der Waals surface area contributed by atoms with E-state index in [1.807, 2.05) is 0 Å². The van der Waals surface area contributed by atoms with Crippen LogP contribution in [0.15, 0.2) is 0 Å². The van der Waals surface area contributed by atoms with Crippen LogP contribution in [0, 0.1) is 30.3 Å². The van der Waals surface area contributed by atoms with Crippen LogP contribution in [-0.2, 0) is 4.74 Å². The Morgan fingerprint density at radius 3 is 2.75 bits per heavy atom. The van der Waals surface area contributed by atoms with E-state index in [-0.39, 0.29) is 0 Å². The zero-order chi connectivity index (χ0) is 11.5. The minimum absolute atomic E-state index is 0.494. The van der Waals surface area contributed by atoms with Crippen molar-refractivity contribution < 1.29 is 4.74 Å². The highest BCUT2D eigenvalue weighted by molar-refractivity contribution is 5.02. The summed E-state index contributed by atoms with van der Waals surface area (Å²) in [5.74, 6) is 2.39. The Morgan fingerprint density at radius 2 is 2.12 bits per heavy atom. The van der Waals surface area contributed by atoms with Gasteiger partial charge in [0.15, 0.2) is 0 Å². The van der Waals surface area contributed by atoms with Crippen LogP contribution in [0.4, 0.5) is 0 Å². The van der Waals surface area contributed by atoms with E-state index >= 15 is 0 Å². The first-order valence-electron chi connectivity index (χ1n) is 7.02. The number of hydrogen-bond acceptors (Lipinski definition) is 1. The molecule has 0 N–H and O–H groups in total. The largest absolute Gasteiger partial charge is 0.368 e. The Morgan fingerprint density at radius 1 is 1.31 bits per heavy atom. The lowest BCUT2D eigenvalue weighted by Gasteiger charge is -2.38. The van der Waals surface area contributed by atoms with Crippen LogP contribution in [0.2, 0.25) is 0 Å². The van der Waals surface area contributed by atoms with E-state index in [1.165, 1.54) is 44.6 Å². The first-order valence-corrected chi connectivity index (χ1v) is 7.02. The summed E-state index contributed by atoms with van der Waals surface area (Å²) < 4.78 is 6.26. The first kappa shape index (κ1) is 12.4. The SMILES string of the molecule is CC(C)[C@@H]1CC[C@@H](C)C[C@@H]1O[C]1[CH]CCC1. The van der Waals surface area contributed by atoms with Crippen LogP contribution in [0.3, 0.4) is 0 Å². The summed E-state index contributed by atoms with van der Waals surface area (Å²) in [5.41, 5.74) is 0. The van der Waals surface area contributed by atoms with Crippen molar-refractivity contribution in [2.45, 2.75) is 65.4 Å². The van der Waals surface area contributed by atoms with Gasteiger partial charge in [-0.1, -0.05) is 33.6 Å². The monoisotopic (exact) mass is 222 g/mol. The molecule has 92 valence electrons. The van der Waals surface area contributed by atoms with Gasteiger partial charge in [0.25, 0.3) is 0 Å². The molecule has 0 aromatic rings. The van der Waals surface area contributed by atoms with Gasteiger partial charge in [0.2, 0.25) is 0 Å². The van der Waals surface area contributed by atoms with Gasteiger partial charge in [-0.2, -0.15) is 0 Å². The third-order valence-electron chi connectivity index (χ3n) is 4.26. The Kier molecular flexibility index (Phi) is 4.29. The van der Waals surface area contributed by atoms with Crippen molar-refractivity contribution in [1.29, 1.82) is 0 Å². The number of ether oxygens (including phenoxy) is 1. The van der Waals surface area contributed by atoms with Gasteiger partial charge in [-0.05, 0) is 49.9 Å². The van der Waals surface area contributed by atoms with Crippen molar-refractivity contribution in [3.05, 3.63) is 12.5 Å². The fourth-order valence-electron chi connectivity index (χ4n) is 3.19. The molecule has 0 bridgehead atoms. The van der Waals surface area contributed by atoms with Gasteiger partial charge < -0.3 is 4.74 Å². The zero-order valence-corrected chi connectivity index (χ0v) is 11.0. The fraction of sp³-hybridized carbons (Fsp3) is 0.867. The van der Waals surface area contributed by atoms with Crippen LogP contribution in [0.1, 0.15) is 59.3 Å². The second-order valence-electron chi connectivity index (χ2n) is 6.05. The Labute approximate surface area is 101 Å². The highest BCUT2D eigenvalue weighted by Gasteiger charge is 2.33. The molecule has 0 heterocycles. The highest BCUT2D eigenvalue weighted by atomic mass is 16.5. The van der Waals surface area contributed by atoms with Crippen molar-refractivity contribution in [3.63, 3.8) is 0 Å². The molecule has 3 atom stereocenters.